The molecule has 0 bridgehead atoms. The first-order chi connectivity index (χ1) is 5.58. The van der Waals surface area contributed by atoms with Crippen LogP contribution in [0.25, 0.3) is 0 Å². The standard InChI is InChI=1S/C6H13NO4P/c8-12(9,10)11-5-6-3-1-2-4-7-6/h6H,1-5H2,(H2,8,9,10). The summed E-state index contributed by atoms with van der Waals surface area (Å²) in [6.07, 6.45) is 3.02. The Labute approximate surface area is 71.4 Å². The number of hydrogen-bond acceptors (Lipinski definition) is 2. The van der Waals surface area contributed by atoms with Gasteiger partial charge in [-0.25, -0.2) is 9.88 Å². The minimum absolute atomic E-state index is 0.0219. The molecule has 71 valence electrons. The second-order valence-corrected chi connectivity index (χ2v) is 4.08. The van der Waals surface area contributed by atoms with Crippen LogP contribution in [0.2, 0.25) is 0 Å². The lowest BCUT2D eigenvalue weighted by Gasteiger charge is -2.21. The molecule has 2 N–H and O–H groups in total. The lowest BCUT2D eigenvalue weighted by atomic mass is 10.1. The smallest absolute Gasteiger partial charge is 0.303 e. The van der Waals surface area contributed by atoms with Crippen molar-refractivity contribution in [3.8, 4) is 0 Å². The summed E-state index contributed by atoms with van der Waals surface area (Å²) in [6.45, 7) is 0.833. The molecule has 0 aromatic heterocycles. The van der Waals surface area contributed by atoms with Gasteiger partial charge in [-0.1, -0.05) is 6.42 Å². The van der Waals surface area contributed by atoms with Gasteiger partial charge >= 0.3 is 7.82 Å². The predicted molar refractivity (Wildman–Crippen MR) is 42.6 cm³/mol. The van der Waals surface area contributed by atoms with Crippen LogP contribution in [-0.2, 0) is 9.09 Å². The third-order valence-electron chi connectivity index (χ3n) is 1.77. The molecule has 0 aliphatic carbocycles. The van der Waals surface area contributed by atoms with Crippen LogP contribution < -0.4 is 5.32 Å². The minimum Gasteiger partial charge on any atom is -0.303 e. The van der Waals surface area contributed by atoms with Crippen LogP contribution >= 0.6 is 7.82 Å². The van der Waals surface area contributed by atoms with Crippen LogP contribution in [0.4, 0.5) is 0 Å². The Morgan fingerprint density at radius 1 is 1.50 bits per heavy atom. The maximum absolute atomic E-state index is 10.3. The van der Waals surface area contributed by atoms with Gasteiger partial charge in [-0.2, -0.15) is 0 Å². The van der Waals surface area contributed by atoms with Gasteiger partial charge in [-0.3, -0.25) is 4.52 Å². The molecule has 0 aromatic carbocycles. The van der Waals surface area contributed by atoms with Gasteiger partial charge in [0.1, 0.15) is 0 Å². The van der Waals surface area contributed by atoms with E-state index in [0.717, 1.165) is 25.8 Å². The number of hydrogen-bond donors (Lipinski definition) is 2. The zero-order valence-electron chi connectivity index (χ0n) is 6.72. The zero-order chi connectivity index (χ0) is 9.03. The molecule has 1 fully saturated rings. The van der Waals surface area contributed by atoms with Crippen LogP contribution in [0.15, 0.2) is 0 Å². The van der Waals surface area contributed by atoms with Gasteiger partial charge in [-0.15, -0.1) is 0 Å². The molecule has 1 saturated heterocycles. The quantitative estimate of drug-likeness (QED) is 0.631. The van der Waals surface area contributed by atoms with E-state index in [1.54, 1.807) is 0 Å². The number of nitrogens with zero attached hydrogens (tertiary/aromatic N) is 1. The molecular weight excluding hydrogens is 181 g/mol. The largest absolute Gasteiger partial charge is 0.469 e. The van der Waals surface area contributed by atoms with Crippen molar-refractivity contribution in [3.05, 3.63) is 0 Å². The first kappa shape index (κ1) is 10.2. The fourth-order valence-corrected chi connectivity index (χ4v) is 1.54. The maximum Gasteiger partial charge on any atom is 0.469 e. The van der Waals surface area contributed by atoms with E-state index in [4.69, 9.17) is 9.79 Å². The third-order valence-corrected chi connectivity index (χ3v) is 2.25. The molecule has 1 unspecified atom stereocenters. The average Bonchev–Trinajstić information content (AvgIpc) is 2.02. The van der Waals surface area contributed by atoms with Crippen molar-refractivity contribution in [3.63, 3.8) is 0 Å². The van der Waals surface area contributed by atoms with E-state index in [9.17, 15) is 4.57 Å². The highest BCUT2D eigenvalue weighted by Gasteiger charge is 2.20. The Bertz CT molecular complexity index is 174. The molecule has 12 heavy (non-hydrogen) atoms. The lowest BCUT2D eigenvalue weighted by Crippen LogP contribution is -2.31. The van der Waals surface area contributed by atoms with E-state index in [1.165, 1.54) is 0 Å². The Morgan fingerprint density at radius 3 is 2.75 bits per heavy atom. The average molecular weight is 194 g/mol. The van der Waals surface area contributed by atoms with Crippen molar-refractivity contribution < 1.29 is 18.9 Å². The van der Waals surface area contributed by atoms with E-state index in [0.29, 0.717) is 0 Å². The van der Waals surface area contributed by atoms with Gasteiger partial charge in [0.05, 0.1) is 6.61 Å². The molecule has 1 aliphatic rings. The SMILES string of the molecule is O=P(O)(O)OCC1CCCC[N]1. The number of piperidine rings is 1. The summed E-state index contributed by atoms with van der Waals surface area (Å²) in [6, 6.07) is -0.0219. The summed E-state index contributed by atoms with van der Waals surface area (Å²) in [5.41, 5.74) is 0. The second kappa shape index (κ2) is 4.35. The van der Waals surface area contributed by atoms with Gasteiger partial charge < -0.3 is 9.79 Å². The summed E-state index contributed by atoms with van der Waals surface area (Å²) in [4.78, 5) is 16.8. The molecule has 1 heterocycles. The number of phosphoric acid groups is 1. The van der Waals surface area contributed by atoms with Crippen molar-refractivity contribution in [2.75, 3.05) is 13.2 Å². The lowest BCUT2D eigenvalue weighted by molar-refractivity contribution is 0.166. The summed E-state index contributed by atoms with van der Waals surface area (Å²) in [5, 5.41) is 4.16. The van der Waals surface area contributed by atoms with Crippen molar-refractivity contribution in [1.82, 2.24) is 5.32 Å². The van der Waals surface area contributed by atoms with Crippen LogP contribution in [-0.4, -0.2) is 29.0 Å². The molecule has 6 heteroatoms. The fourth-order valence-electron chi connectivity index (χ4n) is 1.18. The van der Waals surface area contributed by atoms with Crippen molar-refractivity contribution in [2.24, 2.45) is 0 Å². The van der Waals surface area contributed by atoms with Gasteiger partial charge in [-0.05, 0) is 12.8 Å². The molecule has 0 aromatic rings. The summed E-state index contributed by atoms with van der Waals surface area (Å²) >= 11 is 0. The zero-order valence-corrected chi connectivity index (χ0v) is 7.61. The Morgan fingerprint density at radius 2 is 2.25 bits per heavy atom. The Kier molecular flexibility index (Phi) is 3.68. The maximum atomic E-state index is 10.3. The van der Waals surface area contributed by atoms with E-state index in [1.807, 2.05) is 0 Å². The van der Waals surface area contributed by atoms with Crippen LogP contribution in [0.1, 0.15) is 19.3 Å². The minimum atomic E-state index is -4.29. The summed E-state index contributed by atoms with van der Waals surface area (Å²) in [5.74, 6) is 0. The second-order valence-electron chi connectivity index (χ2n) is 2.84. The molecular formula is C6H13NO4P. The highest BCUT2D eigenvalue weighted by atomic mass is 31.2. The summed E-state index contributed by atoms with van der Waals surface area (Å²) < 4.78 is 14.6. The summed E-state index contributed by atoms with van der Waals surface area (Å²) in [7, 11) is -4.29. The molecule has 1 rings (SSSR count). The fraction of sp³-hybridized carbons (Fsp3) is 1.00. The van der Waals surface area contributed by atoms with E-state index in [2.05, 4.69) is 9.84 Å². The highest BCUT2D eigenvalue weighted by Crippen LogP contribution is 2.36. The first-order valence-corrected chi connectivity index (χ1v) is 5.48. The third kappa shape index (κ3) is 4.18. The topological polar surface area (TPSA) is 80.9 Å². The number of phosphoric ester groups is 1. The van der Waals surface area contributed by atoms with E-state index in [-0.39, 0.29) is 12.6 Å². The monoisotopic (exact) mass is 194 g/mol. The van der Waals surface area contributed by atoms with Gasteiger partial charge in [0, 0.05) is 12.6 Å². The highest BCUT2D eigenvalue weighted by molar-refractivity contribution is 7.46. The van der Waals surface area contributed by atoms with Crippen LogP contribution in [0, 0.1) is 0 Å². The molecule has 1 aliphatic heterocycles. The molecule has 1 radical (unpaired) electrons. The predicted octanol–water partition coefficient (Wildman–Crippen LogP) is 0.253. The molecule has 0 amide bonds. The molecule has 0 saturated carbocycles. The van der Waals surface area contributed by atoms with E-state index < -0.39 is 7.82 Å². The number of rotatable bonds is 3. The van der Waals surface area contributed by atoms with Gasteiger partial charge in [0.15, 0.2) is 0 Å². The normalized spacial score (nSPS) is 25.7. The van der Waals surface area contributed by atoms with Crippen molar-refractivity contribution in [1.29, 1.82) is 0 Å². The Balaban J connectivity index is 2.17. The molecule has 1 atom stereocenters. The van der Waals surface area contributed by atoms with Crippen molar-refractivity contribution >= 4 is 7.82 Å². The van der Waals surface area contributed by atoms with E-state index >= 15 is 0 Å². The van der Waals surface area contributed by atoms with Gasteiger partial charge in [0.2, 0.25) is 0 Å². The van der Waals surface area contributed by atoms with Crippen LogP contribution in [0.3, 0.4) is 0 Å². The Hall–Kier alpha value is 0.0700. The van der Waals surface area contributed by atoms with Crippen molar-refractivity contribution in [2.45, 2.75) is 25.3 Å². The molecule has 0 spiro atoms. The van der Waals surface area contributed by atoms with Gasteiger partial charge in [0.25, 0.3) is 0 Å². The first-order valence-electron chi connectivity index (χ1n) is 3.94. The molecule has 5 nitrogen and oxygen atoms in total. The van der Waals surface area contributed by atoms with Crippen LogP contribution in [0.5, 0.6) is 0 Å².